The summed E-state index contributed by atoms with van der Waals surface area (Å²) >= 11 is 0. The quantitative estimate of drug-likeness (QED) is 0.567. The molecule has 2 aliphatic carbocycles. The highest BCUT2D eigenvalue weighted by Gasteiger charge is 2.45. The maximum absolute atomic E-state index is 11.9. The van der Waals surface area contributed by atoms with Gasteiger partial charge in [0.15, 0.2) is 0 Å². The van der Waals surface area contributed by atoms with E-state index in [-0.39, 0.29) is 12.1 Å². The van der Waals surface area contributed by atoms with Gasteiger partial charge in [0.05, 0.1) is 24.4 Å². The molecule has 0 amide bonds. The lowest BCUT2D eigenvalue weighted by atomic mass is 9.79. The van der Waals surface area contributed by atoms with Crippen molar-refractivity contribution in [2.75, 3.05) is 0 Å². The second-order valence-electron chi connectivity index (χ2n) is 6.30. The first-order valence-corrected chi connectivity index (χ1v) is 7.26. The molecule has 18 heavy (non-hydrogen) atoms. The number of carbonyl (C=O) groups excluding carboxylic acids is 1. The Hall–Kier alpha value is -0.610. The van der Waals surface area contributed by atoms with Crippen LogP contribution in [-0.4, -0.2) is 36.5 Å². The molecule has 3 heterocycles. The van der Waals surface area contributed by atoms with Crippen LogP contribution in [-0.2, 0) is 19.0 Å². The van der Waals surface area contributed by atoms with Crippen LogP contribution in [0.5, 0.6) is 0 Å². The zero-order valence-corrected chi connectivity index (χ0v) is 10.5. The SMILES string of the molecule is O=C(CC1CC2CC(C1)O2)OC1CCC2OC2C1. The van der Waals surface area contributed by atoms with Gasteiger partial charge in [-0.25, -0.2) is 0 Å². The van der Waals surface area contributed by atoms with Crippen molar-refractivity contribution >= 4 is 5.97 Å². The van der Waals surface area contributed by atoms with E-state index in [1.807, 2.05) is 0 Å². The van der Waals surface area contributed by atoms with Gasteiger partial charge in [-0.2, -0.15) is 0 Å². The van der Waals surface area contributed by atoms with Crippen molar-refractivity contribution < 1.29 is 19.0 Å². The molecule has 0 spiro atoms. The number of rotatable bonds is 3. The van der Waals surface area contributed by atoms with Crippen molar-refractivity contribution in [2.45, 2.75) is 75.5 Å². The molecule has 0 aromatic carbocycles. The largest absolute Gasteiger partial charge is 0.462 e. The molecule has 4 nitrogen and oxygen atoms in total. The van der Waals surface area contributed by atoms with Gasteiger partial charge in [-0.3, -0.25) is 4.79 Å². The predicted octanol–water partition coefficient (Wildman–Crippen LogP) is 1.81. The van der Waals surface area contributed by atoms with Crippen molar-refractivity contribution in [1.29, 1.82) is 0 Å². The smallest absolute Gasteiger partial charge is 0.306 e. The van der Waals surface area contributed by atoms with Gasteiger partial charge in [-0.05, 0) is 38.0 Å². The fraction of sp³-hybridized carbons (Fsp3) is 0.929. The topological polar surface area (TPSA) is 48.1 Å². The van der Waals surface area contributed by atoms with E-state index in [2.05, 4.69) is 0 Å². The molecule has 3 saturated heterocycles. The van der Waals surface area contributed by atoms with E-state index in [1.54, 1.807) is 0 Å². The molecule has 0 radical (unpaired) electrons. The zero-order valence-electron chi connectivity index (χ0n) is 10.5. The van der Waals surface area contributed by atoms with Crippen LogP contribution in [0.4, 0.5) is 0 Å². The Kier molecular flexibility index (Phi) is 2.62. The lowest BCUT2D eigenvalue weighted by Crippen LogP contribution is -2.45. The van der Waals surface area contributed by atoms with Crippen molar-refractivity contribution in [3.63, 3.8) is 0 Å². The molecular weight excluding hydrogens is 232 g/mol. The van der Waals surface area contributed by atoms with E-state index >= 15 is 0 Å². The molecule has 4 heteroatoms. The summed E-state index contributed by atoms with van der Waals surface area (Å²) in [5, 5.41) is 0. The summed E-state index contributed by atoms with van der Waals surface area (Å²) in [6, 6.07) is 0. The zero-order chi connectivity index (χ0) is 12.1. The van der Waals surface area contributed by atoms with Gasteiger partial charge >= 0.3 is 5.97 Å². The third kappa shape index (κ3) is 2.16. The summed E-state index contributed by atoms with van der Waals surface area (Å²) in [6.45, 7) is 0. The van der Waals surface area contributed by atoms with Gasteiger partial charge in [0.2, 0.25) is 0 Å². The summed E-state index contributed by atoms with van der Waals surface area (Å²) < 4.78 is 16.6. The van der Waals surface area contributed by atoms with Gasteiger partial charge in [0, 0.05) is 12.8 Å². The second-order valence-corrected chi connectivity index (χ2v) is 6.30. The molecule has 0 aromatic rings. The summed E-state index contributed by atoms with van der Waals surface area (Å²) in [6.07, 6.45) is 8.65. The molecule has 0 N–H and O–H groups in total. The van der Waals surface area contributed by atoms with Crippen LogP contribution >= 0.6 is 0 Å². The highest BCUT2D eigenvalue weighted by molar-refractivity contribution is 5.70. The molecule has 5 unspecified atom stereocenters. The molecule has 100 valence electrons. The van der Waals surface area contributed by atoms with Crippen molar-refractivity contribution in [1.82, 2.24) is 0 Å². The lowest BCUT2D eigenvalue weighted by molar-refractivity contribution is -0.179. The van der Waals surface area contributed by atoms with Crippen LogP contribution in [0.25, 0.3) is 0 Å². The minimum Gasteiger partial charge on any atom is -0.462 e. The van der Waals surface area contributed by atoms with E-state index in [0.717, 1.165) is 32.1 Å². The highest BCUT2D eigenvalue weighted by Crippen LogP contribution is 2.40. The average Bonchev–Trinajstić information content (AvgIpc) is 3.06. The maximum Gasteiger partial charge on any atom is 0.306 e. The Morgan fingerprint density at radius 2 is 1.78 bits per heavy atom. The van der Waals surface area contributed by atoms with Gasteiger partial charge < -0.3 is 14.2 Å². The van der Waals surface area contributed by atoms with Crippen LogP contribution in [0.3, 0.4) is 0 Å². The molecule has 2 bridgehead atoms. The Bertz CT molecular complexity index is 328. The van der Waals surface area contributed by atoms with Gasteiger partial charge in [0.1, 0.15) is 6.10 Å². The third-order valence-electron chi connectivity index (χ3n) is 4.81. The number of epoxide rings is 1. The summed E-state index contributed by atoms with van der Waals surface area (Å²) in [5.41, 5.74) is 0. The van der Waals surface area contributed by atoms with Gasteiger partial charge in [-0.15, -0.1) is 0 Å². The Balaban J connectivity index is 1.23. The normalized spacial score (nSPS) is 48.9. The highest BCUT2D eigenvalue weighted by atomic mass is 16.6. The monoisotopic (exact) mass is 252 g/mol. The summed E-state index contributed by atoms with van der Waals surface area (Å²) in [4.78, 5) is 11.9. The first-order chi connectivity index (χ1) is 8.76. The van der Waals surface area contributed by atoms with E-state index < -0.39 is 0 Å². The summed E-state index contributed by atoms with van der Waals surface area (Å²) in [5.74, 6) is 0.480. The minimum atomic E-state index is -0.00889. The van der Waals surface area contributed by atoms with Crippen LogP contribution in [0.2, 0.25) is 0 Å². The van der Waals surface area contributed by atoms with Crippen LogP contribution in [0.15, 0.2) is 0 Å². The lowest BCUT2D eigenvalue weighted by Gasteiger charge is -2.45. The maximum atomic E-state index is 11.9. The van der Waals surface area contributed by atoms with E-state index in [4.69, 9.17) is 14.2 Å². The number of hydrogen-bond acceptors (Lipinski definition) is 4. The molecule has 5 rings (SSSR count). The Labute approximate surface area is 107 Å². The molecule has 5 aliphatic rings. The van der Waals surface area contributed by atoms with Crippen LogP contribution in [0.1, 0.15) is 44.9 Å². The number of hydrogen-bond donors (Lipinski definition) is 0. The number of ether oxygens (including phenoxy) is 3. The molecule has 2 saturated carbocycles. The van der Waals surface area contributed by atoms with Gasteiger partial charge in [-0.1, -0.05) is 0 Å². The van der Waals surface area contributed by atoms with E-state index in [9.17, 15) is 4.79 Å². The summed E-state index contributed by atoms with van der Waals surface area (Å²) in [7, 11) is 0. The van der Waals surface area contributed by atoms with Crippen molar-refractivity contribution in [3.05, 3.63) is 0 Å². The fourth-order valence-corrected chi connectivity index (χ4v) is 3.81. The molecule has 5 atom stereocenters. The number of carbonyl (C=O) groups is 1. The average molecular weight is 252 g/mol. The van der Waals surface area contributed by atoms with Crippen LogP contribution < -0.4 is 0 Å². The molecule has 5 fully saturated rings. The number of fused-ring (bicyclic) bond motifs is 3. The Morgan fingerprint density at radius 1 is 1.00 bits per heavy atom. The number of esters is 1. The Morgan fingerprint density at radius 3 is 2.50 bits per heavy atom. The molecule has 0 aromatic heterocycles. The molecular formula is C14H20O4. The standard InChI is InChI=1S/C14H20O4/c15-14(5-8-3-10-6-11(4-8)16-10)17-9-1-2-12-13(7-9)18-12/h8-13H,1-7H2. The molecule has 3 aliphatic heterocycles. The van der Waals surface area contributed by atoms with Crippen molar-refractivity contribution in [3.8, 4) is 0 Å². The van der Waals surface area contributed by atoms with Gasteiger partial charge in [0.25, 0.3) is 0 Å². The first kappa shape index (κ1) is 11.2. The predicted molar refractivity (Wildman–Crippen MR) is 63.0 cm³/mol. The second kappa shape index (κ2) is 4.20. The van der Waals surface area contributed by atoms with E-state index in [0.29, 0.717) is 36.8 Å². The third-order valence-corrected chi connectivity index (χ3v) is 4.81. The van der Waals surface area contributed by atoms with E-state index in [1.165, 1.54) is 6.42 Å². The first-order valence-electron chi connectivity index (χ1n) is 7.26. The van der Waals surface area contributed by atoms with Crippen LogP contribution in [0, 0.1) is 5.92 Å². The van der Waals surface area contributed by atoms with Crippen molar-refractivity contribution in [2.24, 2.45) is 5.92 Å². The minimum absolute atomic E-state index is 0.00889. The fourth-order valence-electron chi connectivity index (χ4n) is 3.81.